The van der Waals surface area contributed by atoms with E-state index in [1.165, 1.54) is 4.57 Å². The van der Waals surface area contributed by atoms with Gasteiger partial charge in [-0.15, -0.1) is 0 Å². The largest absolute Gasteiger partial charge is 0.336 e. The van der Waals surface area contributed by atoms with Gasteiger partial charge in [-0.05, 0) is 74.7 Å². The van der Waals surface area contributed by atoms with Crippen molar-refractivity contribution in [3.8, 4) is 5.69 Å². The van der Waals surface area contributed by atoms with Crippen LogP contribution in [0.3, 0.4) is 0 Å². The van der Waals surface area contributed by atoms with Gasteiger partial charge in [-0.25, -0.2) is 9.36 Å². The number of hydrogen-bond acceptors (Lipinski definition) is 3. The SMILES string of the molecule is Cc1cc(C)cc(-n2c(=O)c3ccccc3n(CC(=O)Nc3ccc(C)cc3C)c2=O)c1. The first-order chi connectivity index (χ1) is 15.2. The van der Waals surface area contributed by atoms with E-state index in [9.17, 15) is 14.4 Å². The van der Waals surface area contributed by atoms with E-state index in [1.54, 1.807) is 36.4 Å². The second-order valence-electron chi connectivity index (χ2n) is 8.24. The highest BCUT2D eigenvalue weighted by Gasteiger charge is 2.17. The topological polar surface area (TPSA) is 73.1 Å². The lowest BCUT2D eigenvalue weighted by atomic mass is 10.1. The number of carbonyl (C=O) groups is 1. The fraction of sp³-hybridized carbons (Fsp3) is 0.192. The number of hydrogen-bond donors (Lipinski definition) is 1. The molecule has 3 aromatic carbocycles. The molecule has 1 N–H and O–H groups in total. The Balaban J connectivity index is 1.84. The van der Waals surface area contributed by atoms with E-state index in [4.69, 9.17) is 0 Å². The Kier molecular flexibility index (Phi) is 5.53. The summed E-state index contributed by atoms with van der Waals surface area (Å²) in [5.74, 6) is -0.338. The van der Waals surface area contributed by atoms with Gasteiger partial charge < -0.3 is 5.32 Å². The maximum absolute atomic E-state index is 13.5. The number of aromatic nitrogens is 2. The maximum atomic E-state index is 13.5. The molecule has 6 heteroatoms. The van der Waals surface area contributed by atoms with Crippen LogP contribution in [0.1, 0.15) is 22.3 Å². The highest BCUT2D eigenvalue weighted by atomic mass is 16.2. The summed E-state index contributed by atoms with van der Waals surface area (Å²) in [4.78, 5) is 39.6. The van der Waals surface area contributed by atoms with E-state index >= 15 is 0 Å². The standard InChI is InChI=1S/C26H25N3O3/c1-16-9-10-22(19(4)12-16)27-24(30)15-28-23-8-6-5-7-21(23)25(31)29(26(28)32)20-13-17(2)11-18(3)14-20/h5-14H,15H2,1-4H3,(H,27,30). The van der Waals surface area contributed by atoms with Crippen LogP contribution in [0.15, 0.2) is 70.3 Å². The van der Waals surface area contributed by atoms with Gasteiger partial charge in [-0.3, -0.25) is 14.2 Å². The average Bonchev–Trinajstić information content (AvgIpc) is 2.73. The predicted octanol–water partition coefficient (Wildman–Crippen LogP) is 4.02. The molecule has 0 saturated carbocycles. The third-order valence-corrected chi connectivity index (χ3v) is 5.47. The van der Waals surface area contributed by atoms with Crippen LogP contribution in [0, 0.1) is 27.7 Å². The molecule has 0 bridgehead atoms. The molecule has 0 fully saturated rings. The zero-order chi connectivity index (χ0) is 23.0. The quantitative estimate of drug-likeness (QED) is 0.535. The Hall–Kier alpha value is -3.93. The van der Waals surface area contributed by atoms with Gasteiger partial charge in [0.25, 0.3) is 5.56 Å². The molecular formula is C26H25N3O3. The Morgan fingerprint density at radius 3 is 2.22 bits per heavy atom. The minimum atomic E-state index is -0.547. The van der Waals surface area contributed by atoms with Gasteiger partial charge in [0, 0.05) is 5.69 Å². The molecule has 0 unspecified atom stereocenters. The summed E-state index contributed by atoms with van der Waals surface area (Å²) in [5, 5.41) is 3.26. The molecule has 162 valence electrons. The minimum absolute atomic E-state index is 0.211. The lowest BCUT2D eigenvalue weighted by molar-refractivity contribution is -0.116. The van der Waals surface area contributed by atoms with Crippen molar-refractivity contribution in [2.75, 3.05) is 5.32 Å². The van der Waals surface area contributed by atoms with Gasteiger partial charge in [0.05, 0.1) is 16.6 Å². The molecule has 32 heavy (non-hydrogen) atoms. The van der Waals surface area contributed by atoms with E-state index in [1.807, 2.05) is 52.0 Å². The Bertz CT molecular complexity index is 1460. The number of fused-ring (bicyclic) bond motifs is 1. The number of para-hydroxylation sites is 1. The smallest absolute Gasteiger partial charge is 0.324 e. The van der Waals surface area contributed by atoms with E-state index in [-0.39, 0.29) is 12.5 Å². The third-order valence-electron chi connectivity index (χ3n) is 5.47. The van der Waals surface area contributed by atoms with E-state index < -0.39 is 11.2 Å². The summed E-state index contributed by atoms with van der Waals surface area (Å²) < 4.78 is 2.50. The predicted molar refractivity (Wildman–Crippen MR) is 128 cm³/mol. The Morgan fingerprint density at radius 1 is 0.844 bits per heavy atom. The lowest BCUT2D eigenvalue weighted by Crippen LogP contribution is -2.40. The van der Waals surface area contributed by atoms with E-state index in [0.29, 0.717) is 22.3 Å². The van der Waals surface area contributed by atoms with Crippen molar-refractivity contribution in [2.45, 2.75) is 34.2 Å². The highest BCUT2D eigenvalue weighted by molar-refractivity contribution is 5.92. The van der Waals surface area contributed by atoms with Crippen molar-refractivity contribution in [1.29, 1.82) is 0 Å². The fourth-order valence-corrected chi connectivity index (χ4v) is 4.07. The van der Waals surface area contributed by atoms with Crippen molar-refractivity contribution >= 4 is 22.5 Å². The monoisotopic (exact) mass is 427 g/mol. The number of benzene rings is 3. The van der Waals surface area contributed by atoms with Crippen molar-refractivity contribution in [3.05, 3.63) is 104 Å². The van der Waals surface area contributed by atoms with Crippen molar-refractivity contribution < 1.29 is 4.79 Å². The molecular weight excluding hydrogens is 402 g/mol. The maximum Gasteiger partial charge on any atom is 0.336 e. The molecule has 0 atom stereocenters. The van der Waals surface area contributed by atoms with Gasteiger partial charge in [-0.2, -0.15) is 0 Å². The van der Waals surface area contributed by atoms with Crippen LogP contribution in [0.4, 0.5) is 5.69 Å². The third kappa shape index (κ3) is 3.99. The van der Waals surface area contributed by atoms with E-state index in [2.05, 4.69) is 5.32 Å². The number of carbonyl (C=O) groups excluding carboxylic acids is 1. The van der Waals surface area contributed by atoms with E-state index in [0.717, 1.165) is 26.8 Å². The van der Waals surface area contributed by atoms with Crippen LogP contribution >= 0.6 is 0 Å². The number of nitrogens with one attached hydrogen (secondary N) is 1. The molecule has 0 aliphatic rings. The second-order valence-corrected chi connectivity index (χ2v) is 8.24. The summed E-state index contributed by atoms with van der Waals surface area (Å²) in [6.45, 7) is 7.53. The van der Waals surface area contributed by atoms with Gasteiger partial charge in [0.1, 0.15) is 6.54 Å². The van der Waals surface area contributed by atoms with Gasteiger partial charge in [0.2, 0.25) is 5.91 Å². The van der Waals surface area contributed by atoms with Crippen LogP contribution in [-0.2, 0) is 11.3 Å². The normalized spacial score (nSPS) is 11.0. The first-order valence-corrected chi connectivity index (χ1v) is 10.4. The molecule has 1 aromatic heterocycles. The lowest BCUT2D eigenvalue weighted by Gasteiger charge is -2.15. The molecule has 0 spiro atoms. The van der Waals surface area contributed by atoms with Crippen molar-refractivity contribution in [1.82, 2.24) is 9.13 Å². The molecule has 6 nitrogen and oxygen atoms in total. The summed E-state index contributed by atoms with van der Waals surface area (Å²) in [6, 6.07) is 18.2. The van der Waals surface area contributed by atoms with Gasteiger partial charge >= 0.3 is 5.69 Å². The molecule has 0 saturated heterocycles. The molecule has 0 aliphatic carbocycles. The van der Waals surface area contributed by atoms with Gasteiger partial charge in [-0.1, -0.05) is 35.9 Å². The molecule has 1 amide bonds. The minimum Gasteiger partial charge on any atom is -0.324 e. The number of aryl methyl sites for hydroxylation is 4. The van der Waals surface area contributed by atoms with Crippen LogP contribution in [0.5, 0.6) is 0 Å². The summed E-state index contributed by atoms with van der Waals surface area (Å²) in [7, 11) is 0. The number of amides is 1. The number of anilines is 1. The number of rotatable bonds is 4. The van der Waals surface area contributed by atoms with Crippen LogP contribution in [-0.4, -0.2) is 15.0 Å². The molecule has 0 aliphatic heterocycles. The Morgan fingerprint density at radius 2 is 1.53 bits per heavy atom. The zero-order valence-corrected chi connectivity index (χ0v) is 18.6. The number of nitrogens with zero attached hydrogens (tertiary/aromatic N) is 2. The molecule has 4 aromatic rings. The first-order valence-electron chi connectivity index (χ1n) is 10.4. The average molecular weight is 428 g/mol. The summed E-state index contributed by atoms with van der Waals surface area (Å²) in [6.07, 6.45) is 0. The first kappa shape index (κ1) is 21.3. The van der Waals surface area contributed by atoms with Crippen molar-refractivity contribution in [3.63, 3.8) is 0 Å². The Labute approximate surface area is 185 Å². The zero-order valence-electron chi connectivity index (χ0n) is 18.6. The molecule has 4 rings (SSSR count). The van der Waals surface area contributed by atoms with Crippen LogP contribution in [0.25, 0.3) is 16.6 Å². The van der Waals surface area contributed by atoms with Crippen LogP contribution < -0.4 is 16.6 Å². The summed E-state index contributed by atoms with van der Waals surface area (Å²) in [5.41, 5.74) is 4.60. The second kappa shape index (κ2) is 8.30. The molecule has 1 heterocycles. The van der Waals surface area contributed by atoms with Crippen LogP contribution in [0.2, 0.25) is 0 Å². The molecule has 0 radical (unpaired) electrons. The summed E-state index contributed by atoms with van der Waals surface area (Å²) >= 11 is 0. The fourth-order valence-electron chi connectivity index (χ4n) is 4.07. The van der Waals surface area contributed by atoms with Crippen molar-refractivity contribution in [2.24, 2.45) is 0 Å². The van der Waals surface area contributed by atoms with Gasteiger partial charge in [0.15, 0.2) is 0 Å². The highest BCUT2D eigenvalue weighted by Crippen LogP contribution is 2.17.